The Balaban J connectivity index is 1.83. The first-order valence-electron chi connectivity index (χ1n) is 9.12. The zero-order valence-corrected chi connectivity index (χ0v) is 16.0. The molecule has 0 unspecified atom stereocenters. The second kappa shape index (κ2) is 10.1. The Bertz CT molecular complexity index is 657. The van der Waals surface area contributed by atoms with Crippen LogP contribution in [0.4, 0.5) is 13.2 Å². The Hall–Kier alpha value is -2.52. The van der Waals surface area contributed by atoms with E-state index in [-0.39, 0.29) is 24.4 Å². The van der Waals surface area contributed by atoms with Crippen LogP contribution in [0.1, 0.15) is 25.3 Å². The molecule has 0 bridgehead atoms. The van der Waals surface area contributed by atoms with E-state index in [1.54, 1.807) is 0 Å². The van der Waals surface area contributed by atoms with E-state index < -0.39 is 11.7 Å². The highest BCUT2D eigenvalue weighted by Gasteiger charge is 2.30. The minimum absolute atomic E-state index is 0.0850. The molecule has 2 rings (SSSR count). The number of piperidine rings is 1. The first-order chi connectivity index (χ1) is 13.3. The number of halogens is 3. The van der Waals surface area contributed by atoms with E-state index in [1.807, 2.05) is 6.92 Å². The van der Waals surface area contributed by atoms with Gasteiger partial charge in [0.1, 0.15) is 6.61 Å². The van der Waals surface area contributed by atoms with Crippen LogP contribution < -0.4 is 10.1 Å². The molecule has 1 aliphatic rings. The molecule has 1 saturated heterocycles. The van der Waals surface area contributed by atoms with Gasteiger partial charge in [-0.2, -0.15) is 13.2 Å². The highest BCUT2D eigenvalue weighted by atomic mass is 19.4. The van der Waals surface area contributed by atoms with Crippen LogP contribution in [0.3, 0.4) is 0 Å². The summed E-state index contributed by atoms with van der Waals surface area (Å²) in [6.45, 7) is 4.53. The fourth-order valence-electron chi connectivity index (χ4n) is 2.85. The third kappa shape index (κ3) is 6.28. The molecule has 0 radical (unpaired) electrons. The summed E-state index contributed by atoms with van der Waals surface area (Å²) in [4.78, 5) is 21.8. The standard InChI is InChI=1S/C18H25F3N4O3/c1-3-22-17(25-9-6-13(7-10-25)16(26)27-2)23-8-11-28-15-5-4-14(12-24-15)18(19,20)21/h4-5,12-13H,3,6-11H2,1-2H3,(H,22,23). The Labute approximate surface area is 161 Å². The number of aromatic nitrogens is 1. The number of esters is 1. The SMILES string of the molecule is CCNC(=NCCOc1ccc(C(F)(F)F)cn1)N1CCC(C(=O)OC)CC1. The number of methoxy groups -OCH3 is 1. The molecule has 1 aromatic rings. The van der Waals surface area contributed by atoms with E-state index in [0.29, 0.717) is 39.0 Å². The van der Waals surface area contributed by atoms with Crippen LogP contribution in [0.2, 0.25) is 0 Å². The van der Waals surface area contributed by atoms with Gasteiger partial charge in [-0.05, 0) is 25.8 Å². The van der Waals surface area contributed by atoms with Crippen LogP contribution in [0, 0.1) is 5.92 Å². The lowest BCUT2D eigenvalue weighted by atomic mass is 9.97. The number of hydrogen-bond acceptors (Lipinski definition) is 5. The number of nitrogens with zero attached hydrogens (tertiary/aromatic N) is 3. The summed E-state index contributed by atoms with van der Waals surface area (Å²) in [5.74, 6) is 0.569. The van der Waals surface area contributed by atoms with Crippen molar-refractivity contribution in [3.63, 3.8) is 0 Å². The van der Waals surface area contributed by atoms with Crippen molar-refractivity contribution in [1.82, 2.24) is 15.2 Å². The first-order valence-corrected chi connectivity index (χ1v) is 9.12. The van der Waals surface area contributed by atoms with Gasteiger partial charge in [-0.15, -0.1) is 0 Å². The van der Waals surface area contributed by atoms with Crippen molar-refractivity contribution in [2.75, 3.05) is 39.9 Å². The number of carbonyl (C=O) groups is 1. The van der Waals surface area contributed by atoms with E-state index in [4.69, 9.17) is 9.47 Å². The number of pyridine rings is 1. The molecule has 0 aliphatic carbocycles. The molecule has 1 aliphatic heterocycles. The second-order valence-corrected chi connectivity index (χ2v) is 6.25. The van der Waals surface area contributed by atoms with Crippen molar-refractivity contribution in [2.45, 2.75) is 25.9 Å². The molecular formula is C18H25F3N4O3. The lowest BCUT2D eigenvalue weighted by Crippen LogP contribution is -2.46. The monoisotopic (exact) mass is 402 g/mol. The van der Waals surface area contributed by atoms with Gasteiger partial charge >= 0.3 is 12.1 Å². The van der Waals surface area contributed by atoms with Gasteiger partial charge in [0.2, 0.25) is 5.88 Å². The molecule has 156 valence electrons. The molecule has 0 amide bonds. The van der Waals surface area contributed by atoms with Crippen molar-refractivity contribution in [3.05, 3.63) is 23.9 Å². The molecule has 28 heavy (non-hydrogen) atoms. The number of aliphatic imine (C=N–C) groups is 1. The van der Waals surface area contributed by atoms with Crippen LogP contribution in [-0.2, 0) is 15.7 Å². The van der Waals surface area contributed by atoms with Crippen LogP contribution in [0.25, 0.3) is 0 Å². The third-order valence-electron chi connectivity index (χ3n) is 4.33. The van der Waals surface area contributed by atoms with Gasteiger partial charge in [0.25, 0.3) is 0 Å². The van der Waals surface area contributed by atoms with Crippen molar-refractivity contribution < 1.29 is 27.4 Å². The summed E-state index contributed by atoms with van der Waals surface area (Å²) >= 11 is 0. The molecule has 10 heteroatoms. The maximum Gasteiger partial charge on any atom is 0.417 e. The van der Waals surface area contributed by atoms with E-state index in [1.165, 1.54) is 13.2 Å². The highest BCUT2D eigenvalue weighted by Crippen LogP contribution is 2.29. The Morgan fingerprint density at radius 2 is 2.07 bits per heavy atom. The number of alkyl halides is 3. The summed E-state index contributed by atoms with van der Waals surface area (Å²) in [6.07, 6.45) is -2.28. The Morgan fingerprint density at radius 1 is 1.36 bits per heavy atom. The summed E-state index contributed by atoms with van der Waals surface area (Å²) in [6, 6.07) is 2.12. The van der Waals surface area contributed by atoms with Gasteiger partial charge in [-0.3, -0.25) is 4.79 Å². The molecular weight excluding hydrogens is 377 g/mol. The largest absolute Gasteiger partial charge is 0.476 e. The molecule has 0 saturated carbocycles. The molecule has 2 heterocycles. The number of hydrogen-bond donors (Lipinski definition) is 1. The minimum atomic E-state index is -4.42. The molecule has 7 nitrogen and oxygen atoms in total. The van der Waals surface area contributed by atoms with E-state index >= 15 is 0 Å². The zero-order valence-electron chi connectivity index (χ0n) is 16.0. The van der Waals surface area contributed by atoms with Crippen LogP contribution in [0.5, 0.6) is 5.88 Å². The third-order valence-corrected chi connectivity index (χ3v) is 4.33. The van der Waals surface area contributed by atoms with E-state index in [0.717, 1.165) is 18.2 Å². The number of guanidine groups is 1. The lowest BCUT2D eigenvalue weighted by molar-refractivity contribution is -0.146. The van der Waals surface area contributed by atoms with E-state index in [2.05, 4.69) is 20.2 Å². The summed E-state index contributed by atoms with van der Waals surface area (Å²) < 4.78 is 47.7. The number of carbonyl (C=O) groups excluding carboxylic acids is 1. The summed E-state index contributed by atoms with van der Waals surface area (Å²) in [5, 5.41) is 3.20. The lowest BCUT2D eigenvalue weighted by Gasteiger charge is -2.33. The number of rotatable bonds is 6. The first kappa shape index (κ1) is 21.8. The molecule has 1 N–H and O–H groups in total. The van der Waals surface area contributed by atoms with Crippen LogP contribution >= 0.6 is 0 Å². The Morgan fingerprint density at radius 3 is 2.61 bits per heavy atom. The normalized spacial score (nSPS) is 16.0. The van der Waals surface area contributed by atoms with Gasteiger partial charge in [-0.1, -0.05) is 0 Å². The van der Waals surface area contributed by atoms with Gasteiger partial charge in [0, 0.05) is 31.9 Å². The maximum atomic E-state index is 12.5. The Kier molecular flexibility index (Phi) is 7.89. The second-order valence-electron chi connectivity index (χ2n) is 6.25. The summed E-state index contributed by atoms with van der Waals surface area (Å²) in [7, 11) is 1.39. The molecule has 1 aromatic heterocycles. The number of ether oxygens (including phenoxy) is 2. The number of nitrogens with one attached hydrogen (secondary N) is 1. The average Bonchev–Trinajstić information content (AvgIpc) is 2.69. The smallest absolute Gasteiger partial charge is 0.417 e. The van der Waals surface area contributed by atoms with Crippen molar-refractivity contribution >= 4 is 11.9 Å². The van der Waals surface area contributed by atoms with Gasteiger partial charge in [0.05, 0.1) is 25.1 Å². The van der Waals surface area contributed by atoms with Crippen LogP contribution in [0.15, 0.2) is 23.3 Å². The van der Waals surface area contributed by atoms with Crippen molar-refractivity contribution in [1.29, 1.82) is 0 Å². The van der Waals surface area contributed by atoms with Gasteiger partial charge in [-0.25, -0.2) is 9.98 Å². The fraction of sp³-hybridized carbons (Fsp3) is 0.611. The molecule has 0 spiro atoms. The summed E-state index contributed by atoms with van der Waals surface area (Å²) in [5.41, 5.74) is -0.817. The van der Waals surface area contributed by atoms with Gasteiger partial charge < -0.3 is 19.7 Å². The predicted octanol–water partition coefficient (Wildman–Crippen LogP) is 2.33. The average molecular weight is 402 g/mol. The zero-order chi connectivity index (χ0) is 20.6. The minimum Gasteiger partial charge on any atom is -0.476 e. The topological polar surface area (TPSA) is 76.1 Å². The highest BCUT2D eigenvalue weighted by molar-refractivity contribution is 5.80. The molecule has 0 atom stereocenters. The fourth-order valence-corrected chi connectivity index (χ4v) is 2.85. The van der Waals surface area contributed by atoms with Crippen molar-refractivity contribution in [3.8, 4) is 5.88 Å². The predicted molar refractivity (Wildman–Crippen MR) is 97.0 cm³/mol. The van der Waals surface area contributed by atoms with Crippen molar-refractivity contribution in [2.24, 2.45) is 10.9 Å². The van der Waals surface area contributed by atoms with Gasteiger partial charge in [0.15, 0.2) is 5.96 Å². The number of likely N-dealkylation sites (tertiary alicyclic amines) is 1. The quantitative estimate of drug-likeness (QED) is 0.341. The maximum absolute atomic E-state index is 12.5. The van der Waals surface area contributed by atoms with E-state index in [9.17, 15) is 18.0 Å². The molecule has 0 aromatic carbocycles. The molecule has 1 fully saturated rings. The van der Waals surface area contributed by atoms with Crippen LogP contribution in [-0.4, -0.2) is 61.7 Å².